The zero-order valence-corrected chi connectivity index (χ0v) is 9.54. The smallest absolute Gasteiger partial charge is 0.222 e. The average Bonchev–Trinajstić information content (AvgIpc) is 2.16. The predicted octanol–water partition coefficient (Wildman–Crippen LogP) is 2.46. The Morgan fingerprint density at radius 2 is 1.93 bits per heavy atom. The maximum atomic E-state index is 6.08. The Balaban J connectivity index is 2.42. The van der Waals surface area contributed by atoms with Gasteiger partial charge in [-0.3, -0.25) is 0 Å². The molecule has 0 bridgehead atoms. The second kappa shape index (κ2) is 5.15. The zero-order valence-electron chi connectivity index (χ0n) is 8.79. The van der Waals surface area contributed by atoms with Gasteiger partial charge in [0.25, 0.3) is 0 Å². The topological polar surface area (TPSA) is 37.8 Å². The number of alkyl halides is 1. The van der Waals surface area contributed by atoms with Crippen LogP contribution < -0.4 is 5.32 Å². The highest BCUT2D eigenvalue weighted by Crippen LogP contribution is 2.09. The minimum atomic E-state index is 0.111. The van der Waals surface area contributed by atoms with Gasteiger partial charge in [-0.15, -0.1) is 11.6 Å². The standard InChI is InChI=1S/C10H16ClN3/c1-7(2)9(11)6-14-10-12-4-8(3)5-13-10/h4-5,7,9H,6H2,1-3H3,(H,12,13,14). The lowest BCUT2D eigenvalue weighted by Gasteiger charge is -2.13. The monoisotopic (exact) mass is 213 g/mol. The Morgan fingerprint density at radius 1 is 1.36 bits per heavy atom. The summed E-state index contributed by atoms with van der Waals surface area (Å²) in [6.07, 6.45) is 3.57. The third-order valence-electron chi connectivity index (χ3n) is 1.96. The molecule has 0 saturated heterocycles. The molecule has 1 heterocycles. The highest BCUT2D eigenvalue weighted by atomic mass is 35.5. The summed E-state index contributed by atoms with van der Waals surface area (Å²) in [7, 11) is 0. The molecule has 1 N–H and O–H groups in total. The van der Waals surface area contributed by atoms with Crippen molar-refractivity contribution in [2.24, 2.45) is 5.92 Å². The van der Waals surface area contributed by atoms with Crippen LogP contribution in [0.2, 0.25) is 0 Å². The van der Waals surface area contributed by atoms with Crippen LogP contribution in [0.15, 0.2) is 12.4 Å². The van der Waals surface area contributed by atoms with Crippen LogP contribution in [0.25, 0.3) is 0 Å². The second-order valence-electron chi connectivity index (χ2n) is 3.72. The van der Waals surface area contributed by atoms with Crippen molar-refractivity contribution in [2.45, 2.75) is 26.1 Å². The van der Waals surface area contributed by atoms with E-state index in [-0.39, 0.29) is 5.38 Å². The van der Waals surface area contributed by atoms with Crippen LogP contribution >= 0.6 is 11.6 Å². The maximum Gasteiger partial charge on any atom is 0.222 e. The number of nitrogens with zero attached hydrogens (tertiary/aromatic N) is 2. The zero-order chi connectivity index (χ0) is 10.6. The Kier molecular flexibility index (Phi) is 4.14. The van der Waals surface area contributed by atoms with Crippen molar-refractivity contribution in [3.63, 3.8) is 0 Å². The number of aromatic nitrogens is 2. The number of aryl methyl sites for hydroxylation is 1. The third kappa shape index (κ3) is 3.50. The first-order valence-corrected chi connectivity index (χ1v) is 5.20. The molecule has 0 radical (unpaired) electrons. The first kappa shape index (κ1) is 11.2. The lowest BCUT2D eigenvalue weighted by Crippen LogP contribution is -2.20. The number of halogens is 1. The molecule has 0 fully saturated rings. The van der Waals surface area contributed by atoms with Crippen molar-refractivity contribution in [2.75, 3.05) is 11.9 Å². The van der Waals surface area contributed by atoms with E-state index in [0.29, 0.717) is 18.4 Å². The van der Waals surface area contributed by atoms with E-state index < -0.39 is 0 Å². The molecule has 78 valence electrons. The van der Waals surface area contributed by atoms with E-state index in [2.05, 4.69) is 29.1 Å². The van der Waals surface area contributed by atoms with Gasteiger partial charge in [-0.2, -0.15) is 0 Å². The summed E-state index contributed by atoms with van der Waals surface area (Å²) in [4.78, 5) is 8.26. The fourth-order valence-electron chi connectivity index (χ4n) is 0.908. The Morgan fingerprint density at radius 3 is 2.43 bits per heavy atom. The first-order valence-electron chi connectivity index (χ1n) is 4.76. The third-order valence-corrected chi connectivity index (χ3v) is 2.62. The highest BCUT2D eigenvalue weighted by Gasteiger charge is 2.09. The molecule has 0 aliphatic rings. The Hall–Kier alpha value is -0.830. The molecule has 4 heteroatoms. The van der Waals surface area contributed by atoms with E-state index in [1.54, 1.807) is 12.4 Å². The largest absolute Gasteiger partial charge is 0.353 e. The normalized spacial score (nSPS) is 12.9. The molecule has 14 heavy (non-hydrogen) atoms. The molecule has 1 aromatic rings. The van der Waals surface area contributed by atoms with E-state index in [1.807, 2.05) is 6.92 Å². The van der Waals surface area contributed by atoms with E-state index in [4.69, 9.17) is 11.6 Å². The summed E-state index contributed by atoms with van der Waals surface area (Å²) < 4.78 is 0. The number of hydrogen-bond acceptors (Lipinski definition) is 3. The lowest BCUT2D eigenvalue weighted by molar-refractivity contribution is 0.615. The Bertz CT molecular complexity index is 271. The molecule has 1 rings (SSSR count). The van der Waals surface area contributed by atoms with Crippen LogP contribution in [0, 0.1) is 12.8 Å². The molecule has 0 aliphatic heterocycles. The number of nitrogens with one attached hydrogen (secondary N) is 1. The van der Waals surface area contributed by atoms with E-state index >= 15 is 0 Å². The first-order chi connectivity index (χ1) is 6.59. The van der Waals surface area contributed by atoms with Gasteiger partial charge in [-0.1, -0.05) is 13.8 Å². The van der Waals surface area contributed by atoms with E-state index in [9.17, 15) is 0 Å². The van der Waals surface area contributed by atoms with Gasteiger partial charge in [-0.25, -0.2) is 9.97 Å². The van der Waals surface area contributed by atoms with Crippen LogP contribution in [-0.2, 0) is 0 Å². The van der Waals surface area contributed by atoms with Crippen LogP contribution in [0.5, 0.6) is 0 Å². The van der Waals surface area contributed by atoms with Crippen molar-refractivity contribution in [3.05, 3.63) is 18.0 Å². The van der Waals surface area contributed by atoms with Gasteiger partial charge in [0.15, 0.2) is 0 Å². The van der Waals surface area contributed by atoms with Crippen molar-refractivity contribution >= 4 is 17.5 Å². The SMILES string of the molecule is Cc1cnc(NCC(Cl)C(C)C)nc1. The van der Waals surface area contributed by atoms with Crippen molar-refractivity contribution in [3.8, 4) is 0 Å². The average molecular weight is 214 g/mol. The quantitative estimate of drug-likeness (QED) is 0.781. The minimum Gasteiger partial charge on any atom is -0.353 e. The second-order valence-corrected chi connectivity index (χ2v) is 4.29. The van der Waals surface area contributed by atoms with Crippen LogP contribution in [0.3, 0.4) is 0 Å². The van der Waals surface area contributed by atoms with Crippen molar-refractivity contribution < 1.29 is 0 Å². The predicted molar refractivity (Wildman–Crippen MR) is 59.7 cm³/mol. The molecular weight excluding hydrogens is 198 g/mol. The number of hydrogen-bond donors (Lipinski definition) is 1. The van der Waals surface area contributed by atoms with Crippen LogP contribution in [0.4, 0.5) is 5.95 Å². The summed E-state index contributed by atoms with van der Waals surface area (Å²) >= 11 is 6.08. The summed E-state index contributed by atoms with van der Waals surface area (Å²) in [6.45, 7) is 6.84. The van der Waals surface area contributed by atoms with Gasteiger partial charge in [0.05, 0.1) is 5.38 Å². The van der Waals surface area contributed by atoms with Gasteiger partial charge in [0, 0.05) is 18.9 Å². The van der Waals surface area contributed by atoms with E-state index in [1.165, 1.54) is 0 Å². The molecule has 0 aromatic carbocycles. The molecule has 0 aliphatic carbocycles. The molecule has 1 aromatic heterocycles. The maximum absolute atomic E-state index is 6.08. The number of anilines is 1. The van der Waals surface area contributed by atoms with Gasteiger partial charge in [0.1, 0.15) is 0 Å². The van der Waals surface area contributed by atoms with Crippen molar-refractivity contribution in [1.82, 2.24) is 9.97 Å². The van der Waals surface area contributed by atoms with Crippen LogP contribution in [0.1, 0.15) is 19.4 Å². The van der Waals surface area contributed by atoms with Gasteiger partial charge < -0.3 is 5.32 Å². The Labute approximate surface area is 89.9 Å². The van der Waals surface area contributed by atoms with Gasteiger partial charge >= 0.3 is 0 Å². The summed E-state index contributed by atoms with van der Waals surface area (Å²) in [5, 5.41) is 3.21. The molecule has 0 spiro atoms. The fraction of sp³-hybridized carbons (Fsp3) is 0.600. The molecule has 0 amide bonds. The molecule has 0 saturated carbocycles. The molecule has 1 unspecified atom stereocenters. The van der Waals surface area contributed by atoms with E-state index in [0.717, 1.165) is 5.56 Å². The van der Waals surface area contributed by atoms with Gasteiger partial charge in [-0.05, 0) is 18.4 Å². The lowest BCUT2D eigenvalue weighted by atomic mass is 10.1. The van der Waals surface area contributed by atoms with Crippen molar-refractivity contribution in [1.29, 1.82) is 0 Å². The molecular formula is C10H16ClN3. The summed E-state index contributed by atoms with van der Waals surface area (Å²) in [5.41, 5.74) is 1.06. The highest BCUT2D eigenvalue weighted by molar-refractivity contribution is 6.21. The molecule has 3 nitrogen and oxygen atoms in total. The number of rotatable bonds is 4. The summed E-state index contributed by atoms with van der Waals surface area (Å²) in [6, 6.07) is 0. The minimum absolute atomic E-state index is 0.111. The van der Waals surface area contributed by atoms with Crippen LogP contribution in [-0.4, -0.2) is 21.9 Å². The summed E-state index contributed by atoms with van der Waals surface area (Å²) in [5.74, 6) is 1.09. The van der Waals surface area contributed by atoms with Gasteiger partial charge in [0.2, 0.25) is 5.95 Å². The fourth-order valence-corrected chi connectivity index (χ4v) is 0.986. The molecule has 1 atom stereocenters.